The maximum Gasteiger partial charge on any atom is 0.246 e. The van der Waals surface area contributed by atoms with E-state index in [1.54, 1.807) is 6.92 Å². The lowest BCUT2D eigenvalue weighted by Gasteiger charge is -2.16. The molecule has 0 unspecified atom stereocenters. The van der Waals surface area contributed by atoms with Gasteiger partial charge in [-0.05, 0) is 55.3 Å². The smallest absolute Gasteiger partial charge is 0.246 e. The first-order chi connectivity index (χ1) is 11.3. The highest BCUT2D eigenvalue weighted by atomic mass is 32.2. The average molecular weight is 347 g/mol. The number of sulfonamides is 1. The lowest BCUT2D eigenvalue weighted by atomic mass is 10.1. The van der Waals surface area contributed by atoms with Crippen LogP contribution in [-0.2, 0) is 21.2 Å². The first-order valence-corrected chi connectivity index (χ1v) is 9.13. The Morgan fingerprint density at radius 1 is 1.12 bits per heavy atom. The van der Waals surface area contributed by atoms with Gasteiger partial charge in [0.1, 0.15) is 6.04 Å². The molecule has 0 saturated heterocycles. The van der Waals surface area contributed by atoms with Crippen LogP contribution < -0.4 is 15.8 Å². The summed E-state index contributed by atoms with van der Waals surface area (Å²) < 4.78 is 22.4. The van der Waals surface area contributed by atoms with Gasteiger partial charge in [-0.1, -0.05) is 19.1 Å². The van der Waals surface area contributed by atoms with Crippen LogP contribution >= 0.6 is 0 Å². The van der Waals surface area contributed by atoms with Crippen molar-refractivity contribution in [3.63, 3.8) is 0 Å². The van der Waals surface area contributed by atoms with E-state index in [-0.39, 0.29) is 10.8 Å². The molecule has 128 valence electrons. The van der Waals surface area contributed by atoms with E-state index >= 15 is 0 Å². The predicted octanol–water partition coefficient (Wildman–Crippen LogP) is 2.34. The predicted molar refractivity (Wildman–Crippen MR) is 95.3 cm³/mol. The molecule has 0 aliphatic carbocycles. The van der Waals surface area contributed by atoms with E-state index in [4.69, 9.17) is 5.14 Å². The van der Waals surface area contributed by atoms with Gasteiger partial charge in [-0.15, -0.1) is 0 Å². The molecule has 4 N–H and O–H groups in total. The number of benzene rings is 2. The molecule has 0 fully saturated rings. The van der Waals surface area contributed by atoms with Crippen molar-refractivity contribution in [1.29, 1.82) is 0 Å². The molecule has 0 radical (unpaired) electrons. The summed E-state index contributed by atoms with van der Waals surface area (Å²) >= 11 is 0. The standard InChI is InChI=1S/C17H21N3O3S/c1-3-13-5-4-6-15(11-13)19-12(2)17(21)20-14-7-9-16(10-8-14)24(18,22)23/h4-12,19H,3H2,1-2H3,(H,20,21)(H2,18,22,23)/t12-/m0/s1. The third-order valence-corrected chi connectivity index (χ3v) is 4.49. The molecule has 7 heteroatoms. The minimum absolute atomic E-state index is 0.00283. The number of primary sulfonamides is 1. The van der Waals surface area contributed by atoms with Crippen molar-refractivity contribution in [3.05, 3.63) is 54.1 Å². The summed E-state index contributed by atoms with van der Waals surface area (Å²) in [6, 6.07) is 13.1. The van der Waals surface area contributed by atoms with E-state index < -0.39 is 16.1 Å². The van der Waals surface area contributed by atoms with Gasteiger partial charge >= 0.3 is 0 Å². The summed E-state index contributed by atoms with van der Waals surface area (Å²) in [6.07, 6.45) is 0.923. The Morgan fingerprint density at radius 3 is 2.38 bits per heavy atom. The van der Waals surface area contributed by atoms with Gasteiger partial charge in [-0.2, -0.15) is 0 Å². The number of nitrogens with one attached hydrogen (secondary N) is 2. The summed E-state index contributed by atoms with van der Waals surface area (Å²) in [6.45, 7) is 3.83. The number of carbonyl (C=O) groups is 1. The first kappa shape index (κ1) is 18.0. The molecule has 0 heterocycles. The quantitative estimate of drug-likeness (QED) is 0.746. The number of hydrogen-bond acceptors (Lipinski definition) is 4. The monoisotopic (exact) mass is 347 g/mol. The van der Waals surface area contributed by atoms with Crippen LogP contribution in [0.15, 0.2) is 53.4 Å². The molecule has 2 aromatic rings. The maximum atomic E-state index is 12.2. The molecule has 2 rings (SSSR count). The van der Waals surface area contributed by atoms with Crippen molar-refractivity contribution in [3.8, 4) is 0 Å². The molecular weight excluding hydrogens is 326 g/mol. The highest BCUT2D eigenvalue weighted by Gasteiger charge is 2.14. The maximum absolute atomic E-state index is 12.2. The van der Waals surface area contributed by atoms with Crippen LogP contribution in [0.25, 0.3) is 0 Å². The summed E-state index contributed by atoms with van der Waals surface area (Å²) in [7, 11) is -3.74. The van der Waals surface area contributed by atoms with Crippen LogP contribution in [0.4, 0.5) is 11.4 Å². The number of anilines is 2. The van der Waals surface area contributed by atoms with Crippen molar-refractivity contribution < 1.29 is 13.2 Å². The zero-order valence-electron chi connectivity index (χ0n) is 13.6. The zero-order chi connectivity index (χ0) is 17.7. The Labute approximate surface area is 142 Å². The van der Waals surface area contributed by atoms with Crippen LogP contribution in [0.1, 0.15) is 19.4 Å². The van der Waals surface area contributed by atoms with Crippen LogP contribution in [0.2, 0.25) is 0 Å². The second kappa shape index (κ2) is 7.46. The molecule has 2 aromatic carbocycles. The minimum atomic E-state index is -3.74. The summed E-state index contributed by atoms with van der Waals surface area (Å²) in [5.74, 6) is -0.222. The second-order valence-corrected chi connectivity index (χ2v) is 7.04. The normalized spacial score (nSPS) is 12.5. The Balaban J connectivity index is 2.00. The Bertz CT molecular complexity index is 817. The topological polar surface area (TPSA) is 101 Å². The number of aryl methyl sites for hydroxylation is 1. The highest BCUT2D eigenvalue weighted by Crippen LogP contribution is 2.15. The van der Waals surface area contributed by atoms with Gasteiger partial charge in [-0.3, -0.25) is 4.79 Å². The Kier molecular flexibility index (Phi) is 5.58. The summed E-state index contributed by atoms with van der Waals surface area (Å²) in [5.41, 5.74) is 2.57. The van der Waals surface area contributed by atoms with Gasteiger partial charge in [-0.25, -0.2) is 13.6 Å². The van der Waals surface area contributed by atoms with Crippen molar-refractivity contribution in [1.82, 2.24) is 0 Å². The summed E-state index contributed by atoms with van der Waals surface area (Å²) in [5, 5.41) is 10.9. The van der Waals surface area contributed by atoms with E-state index in [2.05, 4.69) is 17.6 Å². The van der Waals surface area contributed by atoms with Crippen molar-refractivity contribution in [2.45, 2.75) is 31.2 Å². The molecule has 0 spiro atoms. The molecule has 6 nitrogen and oxygen atoms in total. The van der Waals surface area contributed by atoms with Crippen molar-refractivity contribution in [2.75, 3.05) is 10.6 Å². The number of hydrogen-bond donors (Lipinski definition) is 3. The van der Waals surface area contributed by atoms with Crippen LogP contribution in [0, 0.1) is 0 Å². The highest BCUT2D eigenvalue weighted by molar-refractivity contribution is 7.89. The first-order valence-electron chi connectivity index (χ1n) is 7.59. The number of rotatable bonds is 6. The molecule has 0 aliphatic heterocycles. The zero-order valence-corrected chi connectivity index (χ0v) is 14.4. The fraction of sp³-hybridized carbons (Fsp3) is 0.235. The van der Waals surface area contributed by atoms with Crippen molar-refractivity contribution >= 4 is 27.3 Å². The van der Waals surface area contributed by atoms with Crippen LogP contribution in [0.3, 0.4) is 0 Å². The molecule has 0 bridgehead atoms. The van der Waals surface area contributed by atoms with E-state index in [1.165, 1.54) is 29.8 Å². The lowest BCUT2D eigenvalue weighted by Crippen LogP contribution is -2.31. The Morgan fingerprint density at radius 2 is 1.79 bits per heavy atom. The fourth-order valence-electron chi connectivity index (χ4n) is 2.18. The number of nitrogens with two attached hydrogens (primary N) is 1. The third-order valence-electron chi connectivity index (χ3n) is 3.56. The van der Waals surface area contributed by atoms with Crippen LogP contribution in [-0.4, -0.2) is 20.4 Å². The molecule has 1 amide bonds. The molecule has 0 aromatic heterocycles. The van der Waals surface area contributed by atoms with Gasteiger partial charge in [0.25, 0.3) is 0 Å². The largest absolute Gasteiger partial charge is 0.374 e. The SMILES string of the molecule is CCc1cccc(N[C@@H](C)C(=O)Nc2ccc(S(N)(=O)=O)cc2)c1. The van der Waals surface area contributed by atoms with Gasteiger partial charge in [0, 0.05) is 11.4 Å². The van der Waals surface area contributed by atoms with Gasteiger partial charge in [0.05, 0.1) is 4.90 Å². The Hall–Kier alpha value is -2.38. The third kappa shape index (κ3) is 4.81. The van der Waals surface area contributed by atoms with Gasteiger partial charge in [0.15, 0.2) is 0 Å². The van der Waals surface area contributed by atoms with Crippen LogP contribution in [0.5, 0.6) is 0 Å². The molecular formula is C17H21N3O3S. The van der Waals surface area contributed by atoms with Gasteiger partial charge in [0.2, 0.25) is 15.9 Å². The summed E-state index contributed by atoms with van der Waals surface area (Å²) in [4.78, 5) is 12.2. The fourth-order valence-corrected chi connectivity index (χ4v) is 2.69. The average Bonchev–Trinajstić information content (AvgIpc) is 2.54. The van der Waals surface area contributed by atoms with E-state index in [0.29, 0.717) is 5.69 Å². The van der Waals surface area contributed by atoms with Crippen molar-refractivity contribution in [2.24, 2.45) is 5.14 Å². The molecule has 1 atom stereocenters. The van der Waals surface area contributed by atoms with Gasteiger partial charge < -0.3 is 10.6 Å². The lowest BCUT2D eigenvalue weighted by molar-refractivity contribution is -0.116. The van der Waals surface area contributed by atoms with E-state index in [1.807, 2.05) is 24.3 Å². The number of amides is 1. The number of carbonyl (C=O) groups excluding carboxylic acids is 1. The second-order valence-electron chi connectivity index (χ2n) is 5.48. The van der Waals surface area contributed by atoms with E-state index in [0.717, 1.165) is 12.1 Å². The molecule has 0 aliphatic rings. The van der Waals surface area contributed by atoms with E-state index in [9.17, 15) is 13.2 Å². The minimum Gasteiger partial charge on any atom is -0.374 e. The molecule has 0 saturated carbocycles. The molecule has 24 heavy (non-hydrogen) atoms.